The summed E-state index contributed by atoms with van der Waals surface area (Å²) in [6, 6.07) is 9.74. The lowest BCUT2D eigenvalue weighted by molar-refractivity contribution is 0.214. The van der Waals surface area contributed by atoms with Crippen molar-refractivity contribution in [3.05, 3.63) is 59.4 Å². The minimum absolute atomic E-state index is 0.604. The Hall–Kier alpha value is -1.87. The number of ether oxygens (including phenoxy) is 1. The maximum Gasteiger partial charge on any atom is 0.143 e. The van der Waals surface area contributed by atoms with Crippen molar-refractivity contribution < 1.29 is 9.84 Å². The Kier molecular flexibility index (Phi) is 3.95. The van der Waals surface area contributed by atoms with Gasteiger partial charge in [-0.15, -0.1) is 0 Å². The van der Waals surface area contributed by atoms with Crippen LogP contribution in [-0.4, -0.2) is 17.2 Å². The molecule has 1 N–H and O–H groups in total. The summed E-state index contributed by atoms with van der Waals surface area (Å²) in [5, 5.41) is 10.4. The zero-order valence-electron chi connectivity index (χ0n) is 10.6. The second-order valence-electron chi connectivity index (χ2n) is 4.12. The summed E-state index contributed by atoms with van der Waals surface area (Å²) >= 11 is 0. The summed E-state index contributed by atoms with van der Waals surface area (Å²) < 4.78 is 5.22. The second kappa shape index (κ2) is 5.65. The molecular weight excluding hydrogens is 226 g/mol. The Bertz CT molecular complexity index is 525. The largest absolute Gasteiger partial charge is 0.495 e. The first-order valence-corrected chi connectivity index (χ1v) is 6.01. The molecule has 1 heterocycles. The van der Waals surface area contributed by atoms with Crippen molar-refractivity contribution in [2.45, 2.75) is 19.4 Å². The molecule has 1 aromatic carbocycles. The first-order chi connectivity index (χ1) is 8.76. The van der Waals surface area contributed by atoms with Gasteiger partial charge in [-0.1, -0.05) is 31.2 Å². The van der Waals surface area contributed by atoms with E-state index in [0.29, 0.717) is 5.75 Å². The van der Waals surface area contributed by atoms with E-state index in [1.54, 1.807) is 25.6 Å². The molecular formula is C15H17NO2. The zero-order chi connectivity index (χ0) is 13.0. The summed E-state index contributed by atoms with van der Waals surface area (Å²) in [5.74, 6) is 0.604. The van der Waals surface area contributed by atoms with Crippen molar-refractivity contribution in [1.82, 2.24) is 4.98 Å². The third-order valence-corrected chi connectivity index (χ3v) is 3.01. The van der Waals surface area contributed by atoms with Crippen LogP contribution < -0.4 is 4.74 Å². The maximum atomic E-state index is 10.4. The number of hydrogen-bond acceptors (Lipinski definition) is 3. The monoisotopic (exact) mass is 243 g/mol. The normalized spacial score (nSPS) is 12.2. The van der Waals surface area contributed by atoms with Gasteiger partial charge < -0.3 is 9.84 Å². The van der Waals surface area contributed by atoms with Gasteiger partial charge in [0.2, 0.25) is 0 Å². The van der Waals surface area contributed by atoms with Gasteiger partial charge in [0, 0.05) is 11.8 Å². The van der Waals surface area contributed by atoms with Crippen LogP contribution in [-0.2, 0) is 6.42 Å². The maximum absolute atomic E-state index is 10.4. The van der Waals surface area contributed by atoms with Gasteiger partial charge in [-0.3, -0.25) is 4.98 Å². The first kappa shape index (κ1) is 12.6. The Morgan fingerprint density at radius 3 is 2.89 bits per heavy atom. The fourth-order valence-corrected chi connectivity index (χ4v) is 1.95. The van der Waals surface area contributed by atoms with E-state index in [4.69, 9.17) is 4.74 Å². The summed E-state index contributed by atoms with van der Waals surface area (Å²) in [6.45, 7) is 2.10. The molecule has 0 radical (unpaired) electrons. The number of nitrogens with zero attached hydrogens (tertiary/aromatic N) is 1. The van der Waals surface area contributed by atoms with Crippen molar-refractivity contribution >= 4 is 0 Å². The van der Waals surface area contributed by atoms with Crippen molar-refractivity contribution in [2.24, 2.45) is 0 Å². The quantitative estimate of drug-likeness (QED) is 0.897. The highest BCUT2D eigenvalue weighted by Gasteiger charge is 2.15. The predicted molar refractivity (Wildman–Crippen MR) is 70.7 cm³/mol. The van der Waals surface area contributed by atoms with E-state index in [9.17, 15) is 5.11 Å². The molecule has 1 atom stereocenters. The van der Waals surface area contributed by atoms with Crippen LogP contribution in [0.3, 0.4) is 0 Å². The van der Waals surface area contributed by atoms with Crippen molar-refractivity contribution in [2.75, 3.05) is 7.11 Å². The topological polar surface area (TPSA) is 42.4 Å². The van der Waals surface area contributed by atoms with E-state index in [1.807, 2.05) is 18.2 Å². The zero-order valence-corrected chi connectivity index (χ0v) is 10.6. The van der Waals surface area contributed by atoms with Crippen molar-refractivity contribution in [1.29, 1.82) is 0 Å². The molecule has 0 spiro atoms. The van der Waals surface area contributed by atoms with Crippen LogP contribution in [0, 0.1) is 0 Å². The Morgan fingerprint density at radius 2 is 2.17 bits per heavy atom. The lowest BCUT2D eigenvalue weighted by Gasteiger charge is -2.15. The molecule has 2 rings (SSSR count). The molecule has 0 amide bonds. The van der Waals surface area contributed by atoms with Gasteiger partial charge in [-0.2, -0.15) is 0 Å². The molecule has 0 saturated carbocycles. The van der Waals surface area contributed by atoms with Crippen LogP contribution in [0.2, 0.25) is 0 Å². The summed E-state index contributed by atoms with van der Waals surface area (Å²) in [5.41, 5.74) is 2.82. The van der Waals surface area contributed by atoms with Gasteiger partial charge in [-0.25, -0.2) is 0 Å². The van der Waals surface area contributed by atoms with Crippen LogP contribution >= 0.6 is 0 Å². The van der Waals surface area contributed by atoms with E-state index < -0.39 is 6.10 Å². The Morgan fingerprint density at radius 1 is 1.33 bits per heavy atom. The highest BCUT2D eigenvalue weighted by atomic mass is 16.5. The van der Waals surface area contributed by atoms with Crippen LogP contribution in [0.1, 0.15) is 29.7 Å². The van der Waals surface area contributed by atoms with E-state index in [0.717, 1.165) is 17.5 Å². The highest BCUT2D eigenvalue weighted by Crippen LogP contribution is 2.29. The standard InChI is InChI=1S/C15H17NO2/c1-3-11-5-4-6-12(9-11)15(17)13-7-8-16-10-14(13)18-2/h4-10,15,17H,3H2,1-2H3. The lowest BCUT2D eigenvalue weighted by Crippen LogP contribution is -2.03. The molecule has 0 saturated heterocycles. The predicted octanol–water partition coefficient (Wildman–Crippen LogP) is 2.73. The van der Waals surface area contributed by atoms with E-state index in [1.165, 1.54) is 5.56 Å². The second-order valence-corrected chi connectivity index (χ2v) is 4.12. The number of aliphatic hydroxyl groups excluding tert-OH is 1. The molecule has 0 aliphatic rings. The lowest BCUT2D eigenvalue weighted by atomic mass is 9.99. The molecule has 2 aromatic rings. The number of aromatic nitrogens is 1. The fraction of sp³-hybridized carbons (Fsp3) is 0.267. The molecule has 3 nitrogen and oxygen atoms in total. The molecule has 0 bridgehead atoms. The fourth-order valence-electron chi connectivity index (χ4n) is 1.95. The Balaban J connectivity index is 2.37. The number of hydrogen-bond donors (Lipinski definition) is 1. The number of aliphatic hydroxyl groups is 1. The number of benzene rings is 1. The van der Waals surface area contributed by atoms with Crippen LogP contribution in [0.5, 0.6) is 5.75 Å². The number of methoxy groups -OCH3 is 1. The van der Waals surface area contributed by atoms with Gasteiger partial charge in [0.05, 0.1) is 13.3 Å². The number of rotatable bonds is 4. The molecule has 1 aromatic heterocycles. The summed E-state index contributed by atoms with van der Waals surface area (Å²) in [4.78, 5) is 3.99. The molecule has 0 fully saturated rings. The Labute approximate surface area is 107 Å². The molecule has 3 heteroatoms. The van der Waals surface area contributed by atoms with Crippen LogP contribution in [0.15, 0.2) is 42.7 Å². The molecule has 0 aliphatic carbocycles. The van der Waals surface area contributed by atoms with Gasteiger partial charge >= 0.3 is 0 Å². The molecule has 1 unspecified atom stereocenters. The smallest absolute Gasteiger partial charge is 0.143 e. The summed E-state index contributed by atoms with van der Waals surface area (Å²) in [7, 11) is 1.58. The van der Waals surface area contributed by atoms with Crippen LogP contribution in [0.25, 0.3) is 0 Å². The number of aryl methyl sites for hydroxylation is 1. The van der Waals surface area contributed by atoms with E-state index >= 15 is 0 Å². The van der Waals surface area contributed by atoms with Crippen LogP contribution in [0.4, 0.5) is 0 Å². The van der Waals surface area contributed by atoms with Gasteiger partial charge in [0.1, 0.15) is 11.9 Å². The van der Waals surface area contributed by atoms with Gasteiger partial charge in [0.25, 0.3) is 0 Å². The molecule has 0 aliphatic heterocycles. The highest BCUT2D eigenvalue weighted by molar-refractivity contribution is 5.39. The van der Waals surface area contributed by atoms with E-state index in [-0.39, 0.29) is 0 Å². The van der Waals surface area contributed by atoms with E-state index in [2.05, 4.69) is 18.0 Å². The third kappa shape index (κ3) is 2.51. The van der Waals surface area contributed by atoms with Gasteiger partial charge in [0.15, 0.2) is 0 Å². The number of pyridine rings is 1. The first-order valence-electron chi connectivity index (χ1n) is 6.01. The molecule has 94 valence electrons. The molecule has 18 heavy (non-hydrogen) atoms. The average molecular weight is 243 g/mol. The minimum Gasteiger partial charge on any atom is -0.495 e. The van der Waals surface area contributed by atoms with Gasteiger partial charge in [-0.05, 0) is 23.6 Å². The minimum atomic E-state index is -0.686. The summed E-state index contributed by atoms with van der Waals surface area (Å²) in [6.07, 6.45) is 3.54. The van der Waals surface area contributed by atoms with Crippen molar-refractivity contribution in [3.63, 3.8) is 0 Å². The SMILES string of the molecule is CCc1cccc(C(O)c2ccncc2OC)c1. The average Bonchev–Trinajstić information content (AvgIpc) is 2.46. The third-order valence-electron chi connectivity index (χ3n) is 3.01. The van der Waals surface area contributed by atoms with Crippen molar-refractivity contribution in [3.8, 4) is 5.75 Å².